The molecule has 2 aromatic rings. The van der Waals surface area contributed by atoms with E-state index in [2.05, 4.69) is 4.52 Å². The molecule has 0 saturated heterocycles. The maximum Gasteiger partial charge on any atom is 1.00 e. The monoisotopic (exact) mass is 461 g/mol. The molecule has 0 aliphatic carbocycles. The molecule has 0 heterocycles. The Hall–Kier alpha value is -0.334. The van der Waals surface area contributed by atoms with Crippen LogP contribution in [0.1, 0.15) is 19.8 Å². The molecular formula is C16H17F2KO7PS+. The third-order valence-electron chi connectivity index (χ3n) is 3.42. The molecule has 0 aliphatic rings. The Morgan fingerprint density at radius 1 is 1.11 bits per heavy atom. The summed E-state index contributed by atoms with van der Waals surface area (Å²) >= 11 is 0. The van der Waals surface area contributed by atoms with Crippen molar-refractivity contribution in [3.05, 3.63) is 59.7 Å². The van der Waals surface area contributed by atoms with Crippen LogP contribution in [0.15, 0.2) is 42.5 Å². The van der Waals surface area contributed by atoms with E-state index in [-0.39, 0.29) is 71.4 Å². The molecule has 0 bridgehead atoms. The fraction of sp³-hybridized carbons (Fsp3) is 0.250. The molecule has 7 nitrogen and oxygen atoms in total. The van der Waals surface area contributed by atoms with Crippen molar-refractivity contribution in [3.8, 4) is 11.5 Å². The molecule has 2 rings (SSSR count). The molecule has 0 spiro atoms. The Morgan fingerprint density at radius 2 is 1.75 bits per heavy atom. The Labute approximate surface area is 205 Å². The molecule has 0 fully saturated rings. The van der Waals surface area contributed by atoms with Crippen molar-refractivity contribution in [2.24, 2.45) is 0 Å². The number of benzene rings is 2. The van der Waals surface area contributed by atoms with E-state index in [9.17, 15) is 21.8 Å². The summed E-state index contributed by atoms with van der Waals surface area (Å²) in [5, 5.41) is 0. The average molecular weight is 461 g/mol. The summed E-state index contributed by atoms with van der Waals surface area (Å²) in [4.78, 5) is 8.66. The molecule has 2 N–H and O–H groups in total. The zero-order valence-corrected chi connectivity index (χ0v) is 19.6. The second kappa shape index (κ2) is 11.7. The maximum atomic E-state index is 13.2. The predicted octanol–water partition coefficient (Wildman–Crippen LogP) is 1.08. The first-order chi connectivity index (χ1) is 12.6. The predicted molar refractivity (Wildman–Crippen MR) is 93.2 cm³/mol. The first kappa shape index (κ1) is 25.7. The molecule has 0 amide bonds. The molecule has 28 heavy (non-hydrogen) atoms. The summed E-state index contributed by atoms with van der Waals surface area (Å²) in [5.41, 5.74) is -1.09. The van der Waals surface area contributed by atoms with E-state index in [1.807, 2.05) is 0 Å². The van der Waals surface area contributed by atoms with E-state index in [4.69, 9.17) is 14.2 Å². The number of halogens is 2. The van der Waals surface area contributed by atoms with Crippen molar-refractivity contribution in [1.29, 1.82) is 0 Å². The molecule has 12 heteroatoms. The van der Waals surface area contributed by atoms with Gasteiger partial charge in [-0.15, -0.1) is 4.89 Å². The second-order valence-electron chi connectivity index (χ2n) is 5.53. The Kier molecular flexibility index (Phi) is 10.8. The number of aryl methyl sites for hydroxylation is 1. The van der Waals surface area contributed by atoms with E-state index in [0.717, 1.165) is 18.2 Å². The van der Waals surface area contributed by atoms with Crippen LogP contribution in [0.4, 0.5) is 8.78 Å². The van der Waals surface area contributed by atoms with Gasteiger partial charge in [0.1, 0.15) is 23.1 Å². The van der Waals surface area contributed by atoms with Gasteiger partial charge in [-0.3, -0.25) is 4.55 Å². The van der Waals surface area contributed by atoms with Crippen molar-refractivity contribution in [3.63, 3.8) is 0 Å². The summed E-state index contributed by atoms with van der Waals surface area (Å²) in [6.45, 7) is 0. The average Bonchev–Trinajstić information content (AvgIpc) is 2.52. The van der Waals surface area contributed by atoms with Crippen molar-refractivity contribution >= 4 is 18.4 Å². The van der Waals surface area contributed by atoms with Gasteiger partial charge in [0.05, 0.1) is 0 Å². The molecule has 0 aliphatic heterocycles. The number of rotatable bonds is 9. The standard InChI is InChI=1S/C16H15F2O7PS.K.H/c17-12-8-13(18)10-15(9-12)24-14-5-1-3-11(7-14)4-2-6-16(25-26(19)20)27(21,22)23;;/h1,3,5,7-10,16H,2,4,6H2,(H-,19,20,21,22,23);;/q;+1;-1/p+1. The first-order valence-electron chi connectivity index (χ1n) is 7.65. The molecule has 0 aromatic heterocycles. The molecule has 0 radical (unpaired) electrons. The van der Waals surface area contributed by atoms with Crippen LogP contribution in [0.25, 0.3) is 0 Å². The zero-order valence-electron chi connectivity index (χ0n) is 15.8. The third kappa shape index (κ3) is 9.00. The fourth-order valence-corrected chi connectivity index (χ4v) is 3.74. The van der Waals surface area contributed by atoms with Gasteiger partial charge in [-0.25, -0.2) is 8.78 Å². The second-order valence-corrected chi connectivity index (χ2v) is 7.78. The van der Waals surface area contributed by atoms with Crippen LogP contribution in [0.5, 0.6) is 11.5 Å². The Morgan fingerprint density at radius 3 is 2.32 bits per heavy atom. The van der Waals surface area contributed by atoms with Crippen LogP contribution in [0.3, 0.4) is 0 Å². The largest absolute Gasteiger partial charge is 1.00 e. The van der Waals surface area contributed by atoms with Crippen molar-refractivity contribution < 1.29 is 93.3 Å². The van der Waals surface area contributed by atoms with Crippen LogP contribution < -0.4 is 56.1 Å². The molecular weight excluding hydrogens is 444 g/mol. The fourth-order valence-electron chi connectivity index (χ4n) is 2.32. The minimum absolute atomic E-state index is 0. The van der Waals surface area contributed by atoms with E-state index in [1.54, 1.807) is 24.3 Å². The topological polar surface area (TPSA) is 110 Å². The quantitative estimate of drug-likeness (QED) is 0.327. The number of hydrogen-bond donors (Lipinski definition) is 2. The zero-order chi connectivity index (χ0) is 20.0. The van der Waals surface area contributed by atoms with Crippen LogP contribution in [-0.4, -0.2) is 23.3 Å². The van der Waals surface area contributed by atoms with Crippen LogP contribution in [0.2, 0.25) is 0 Å². The van der Waals surface area contributed by atoms with Gasteiger partial charge in [0.2, 0.25) is 5.44 Å². The minimum atomic E-state index is -4.63. The first-order valence-corrected chi connectivity index (χ1v) is 10.3. The summed E-state index contributed by atoms with van der Waals surface area (Å²) in [5.74, 6) is -1.26. The van der Waals surface area contributed by atoms with Crippen molar-refractivity contribution in [2.45, 2.75) is 24.7 Å². The van der Waals surface area contributed by atoms with Crippen molar-refractivity contribution in [2.75, 3.05) is 0 Å². The van der Waals surface area contributed by atoms with Gasteiger partial charge < -0.3 is 6.16 Å². The van der Waals surface area contributed by atoms with Gasteiger partial charge in [0.15, 0.2) is 0 Å². The molecule has 2 unspecified atom stereocenters. The van der Waals surface area contributed by atoms with Gasteiger partial charge in [-0.2, -0.15) is 8.42 Å². The normalized spacial score (nSPS) is 12.8. The number of ether oxygens (including phenoxy) is 1. The maximum absolute atomic E-state index is 13.2. The summed E-state index contributed by atoms with van der Waals surface area (Å²) in [7, 11) is -7.82. The minimum Gasteiger partial charge on any atom is -1.00 e. The van der Waals surface area contributed by atoms with Gasteiger partial charge in [-0.1, -0.05) is 16.7 Å². The smallest absolute Gasteiger partial charge is 1.00 e. The molecule has 148 valence electrons. The Balaban J connectivity index is 0.00000392. The van der Waals surface area contributed by atoms with Gasteiger partial charge >= 0.3 is 59.6 Å². The summed E-state index contributed by atoms with van der Waals surface area (Å²) < 4.78 is 78.0. The van der Waals surface area contributed by atoms with Crippen LogP contribution >= 0.6 is 8.25 Å². The third-order valence-corrected chi connectivity index (χ3v) is 4.99. The van der Waals surface area contributed by atoms with Gasteiger partial charge in [0, 0.05) is 22.8 Å². The van der Waals surface area contributed by atoms with E-state index < -0.39 is 35.4 Å². The van der Waals surface area contributed by atoms with E-state index in [0.29, 0.717) is 17.7 Å². The Bertz CT molecular complexity index is 913. The van der Waals surface area contributed by atoms with Crippen LogP contribution in [-0.2, 0) is 25.6 Å². The van der Waals surface area contributed by atoms with E-state index >= 15 is 0 Å². The van der Waals surface area contributed by atoms with Crippen molar-refractivity contribution in [1.82, 2.24) is 0 Å². The number of hydrogen-bond acceptors (Lipinski definition) is 5. The molecule has 2 atom stereocenters. The van der Waals surface area contributed by atoms with Crippen LogP contribution in [0, 0.1) is 11.6 Å². The van der Waals surface area contributed by atoms with E-state index in [1.165, 1.54) is 0 Å². The molecule has 2 aromatic carbocycles. The summed E-state index contributed by atoms with van der Waals surface area (Å²) in [6, 6.07) is 9.30. The molecule has 0 saturated carbocycles. The SMILES string of the molecule is O=[P+](O)OC(CCCc1cccc(Oc2cc(F)cc(F)c2)c1)S(=O)(=O)O.[H-].[K+]. The van der Waals surface area contributed by atoms with Gasteiger partial charge in [0.25, 0.3) is 10.1 Å². The summed E-state index contributed by atoms with van der Waals surface area (Å²) in [6.07, 6.45) is 0.346. The van der Waals surface area contributed by atoms with Gasteiger partial charge in [-0.05, 0) is 37.0 Å².